The Morgan fingerprint density at radius 3 is 2.68 bits per heavy atom. The van der Waals surface area contributed by atoms with Crippen molar-refractivity contribution in [1.82, 2.24) is 19.5 Å². The lowest BCUT2D eigenvalue weighted by atomic mass is 10.2. The minimum Gasteiger partial charge on any atom is -0.312 e. The van der Waals surface area contributed by atoms with Crippen LogP contribution in [0.2, 0.25) is 0 Å². The second-order valence-electron chi connectivity index (χ2n) is 6.44. The first-order valence-electron chi connectivity index (χ1n) is 7.27. The van der Waals surface area contributed by atoms with Gasteiger partial charge in [-0.1, -0.05) is 20.8 Å². The molecule has 4 nitrogen and oxygen atoms in total. The van der Waals surface area contributed by atoms with E-state index in [0.29, 0.717) is 0 Å². The molecule has 0 amide bonds. The van der Waals surface area contributed by atoms with Crippen LogP contribution in [0.4, 0.5) is 0 Å². The summed E-state index contributed by atoms with van der Waals surface area (Å²) in [5, 5.41) is 0. The van der Waals surface area contributed by atoms with Gasteiger partial charge in [-0.3, -0.25) is 4.98 Å². The molecule has 0 N–H and O–H groups in total. The molecule has 0 aliphatic carbocycles. The molecule has 0 atom stereocenters. The van der Waals surface area contributed by atoms with E-state index in [2.05, 4.69) is 41.4 Å². The number of fused-ring (bicyclic) bond motifs is 1. The highest BCUT2D eigenvalue weighted by Crippen LogP contribution is 2.38. The summed E-state index contributed by atoms with van der Waals surface area (Å²) in [6.45, 7) is 8.64. The molecule has 0 fully saturated rings. The SMILES string of the molecule is Cc1cnc2c(c1)nc(-c1ccncc1SC(C)(C)C)n2C. The largest absolute Gasteiger partial charge is 0.312 e. The van der Waals surface area contributed by atoms with Crippen molar-refractivity contribution in [2.45, 2.75) is 37.3 Å². The maximum absolute atomic E-state index is 4.79. The summed E-state index contributed by atoms with van der Waals surface area (Å²) in [4.78, 5) is 14.7. The van der Waals surface area contributed by atoms with Crippen molar-refractivity contribution in [2.75, 3.05) is 0 Å². The number of hydrogen-bond acceptors (Lipinski definition) is 4. The molecule has 0 aliphatic heterocycles. The molecule has 0 saturated carbocycles. The van der Waals surface area contributed by atoms with Crippen LogP contribution in [0.25, 0.3) is 22.6 Å². The van der Waals surface area contributed by atoms with Gasteiger partial charge in [-0.2, -0.15) is 0 Å². The molecule has 5 heteroatoms. The molecule has 0 spiro atoms. The summed E-state index contributed by atoms with van der Waals surface area (Å²) in [5.41, 5.74) is 4.06. The molecule has 0 aromatic carbocycles. The van der Waals surface area contributed by atoms with Crippen molar-refractivity contribution in [3.63, 3.8) is 0 Å². The van der Waals surface area contributed by atoms with E-state index >= 15 is 0 Å². The minimum atomic E-state index is 0.122. The Bertz CT molecular complexity index is 830. The normalized spacial score (nSPS) is 12.0. The van der Waals surface area contributed by atoms with Gasteiger partial charge in [0.15, 0.2) is 5.65 Å². The van der Waals surface area contributed by atoms with Gasteiger partial charge in [-0.05, 0) is 24.6 Å². The molecule has 0 radical (unpaired) electrons. The third kappa shape index (κ3) is 2.86. The zero-order valence-corrected chi connectivity index (χ0v) is 14.4. The van der Waals surface area contributed by atoms with E-state index in [0.717, 1.165) is 33.0 Å². The molecule has 0 unspecified atom stereocenters. The Balaban J connectivity index is 2.18. The van der Waals surface area contributed by atoms with Crippen molar-refractivity contribution in [1.29, 1.82) is 0 Å². The van der Waals surface area contributed by atoms with Gasteiger partial charge in [0.2, 0.25) is 0 Å². The summed E-state index contributed by atoms with van der Waals surface area (Å²) < 4.78 is 2.17. The van der Waals surface area contributed by atoms with Gasteiger partial charge in [0.1, 0.15) is 11.3 Å². The summed E-state index contributed by atoms with van der Waals surface area (Å²) in [7, 11) is 2.01. The average Bonchev–Trinajstić information content (AvgIpc) is 2.74. The lowest BCUT2D eigenvalue weighted by Crippen LogP contribution is -2.07. The van der Waals surface area contributed by atoms with Crippen LogP contribution in [0.15, 0.2) is 35.6 Å². The van der Waals surface area contributed by atoms with Crippen LogP contribution < -0.4 is 0 Å². The van der Waals surface area contributed by atoms with Gasteiger partial charge >= 0.3 is 0 Å². The molecule has 3 rings (SSSR count). The van der Waals surface area contributed by atoms with Crippen LogP contribution in [-0.2, 0) is 7.05 Å². The average molecular weight is 312 g/mol. The monoisotopic (exact) mass is 312 g/mol. The van der Waals surface area contributed by atoms with Gasteiger partial charge in [0.25, 0.3) is 0 Å². The molecular formula is C17H20N4S. The fourth-order valence-corrected chi connectivity index (χ4v) is 3.44. The molecule has 0 bridgehead atoms. The van der Waals surface area contributed by atoms with Crippen LogP contribution >= 0.6 is 11.8 Å². The van der Waals surface area contributed by atoms with Gasteiger partial charge in [0.05, 0.1) is 0 Å². The quantitative estimate of drug-likeness (QED) is 0.664. The van der Waals surface area contributed by atoms with Gasteiger partial charge in [0, 0.05) is 40.8 Å². The lowest BCUT2D eigenvalue weighted by molar-refractivity contribution is 0.802. The second kappa shape index (κ2) is 5.39. The smallest absolute Gasteiger partial charge is 0.160 e. The Kier molecular flexibility index (Phi) is 3.68. The topological polar surface area (TPSA) is 43.6 Å². The number of aryl methyl sites for hydroxylation is 2. The van der Waals surface area contributed by atoms with Crippen LogP contribution in [0, 0.1) is 6.92 Å². The van der Waals surface area contributed by atoms with E-state index in [9.17, 15) is 0 Å². The molecule has 0 saturated heterocycles. The Morgan fingerprint density at radius 1 is 1.18 bits per heavy atom. The van der Waals surface area contributed by atoms with Gasteiger partial charge in [-0.25, -0.2) is 9.97 Å². The fourth-order valence-electron chi connectivity index (χ4n) is 2.39. The van der Waals surface area contributed by atoms with Crippen LogP contribution in [0.3, 0.4) is 0 Å². The van der Waals surface area contributed by atoms with E-state index < -0.39 is 0 Å². The van der Waals surface area contributed by atoms with E-state index in [-0.39, 0.29) is 4.75 Å². The van der Waals surface area contributed by atoms with E-state index in [1.165, 1.54) is 0 Å². The Labute approximate surface area is 135 Å². The van der Waals surface area contributed by atoms with Crippen LogP contribution in [-0.4, -0.2) is 24.3 Å². The molecule has 0 aliphatic rings. The first-order valence-corrected chi connectivity index (χ1v) is 8.09. The highest BCUT2D eigenvalue weighted by molar-refractivity contribution is 8.00. The molecule has 22 heavy (non-hydrogen) atoms. The standard InChI is InChI=1S/C17H20N4S/c1-11-8-13-16(19-9-11)21(5)15(20-13)12-6-7-18-10-14(12)22-17(2,3)4/h6-10H,1-5H3. The van der Waals surface area contributed by atoms with E-state index in [1.807, 2.05) is 50.4 Å². The highest BCUT2D eigenvalue weighted by atomic mass is 32.2. The third-order valence-corrected chi connectivity index (χ3v) is 4.44. The Hall–Kier alpha value is -1.88. The number of hydrogen-bond donors (Lipinski definition) is 0. The Morgan fingerprint density at radius 2 is 1.95 bits per heavy atom. The summed E-state index contributed by atoms with van der Waals surface area (Å²) >= 11 is 1.81. The van der Waals surface area contributed by atoms with E-state index in [4.69, 9.17) is 4.98 Å². The van der Waals surface area contributed by atoms with Gasteiger partial charge < -0.3 is 4.57 Å². The van der Waals surface area contributed by atoms with E-state index in [1.54, 1.807) is 0 Å². The molecular weight excluding hydrogens is 292 g/mol. The zero-order valence-electron chi connectivity index (χ0n) is 13.6. The van der Waals surface area contributed by atoms with Crippen molar-refractivity contribution >= 4 is 22.9 Å². The van der Waals surface area contributed by atoms with Gasteiger partial charge in [-0.15, -0.1) is 11.8 Å². The second-order valence-corrected chi connectivity index (χ2v) is 8.30. The molecule has 3 heterocycles. The van der Waals surface area contributed by atoms with Crippen LogP contribution in [0.1, 0.15) is 26.3 Å². The number of imidazole rings is 1. The molecule has 3 aromatic rings. The highest BCUT2D eigenvalue weighted by Gasteiger charge is 2.19. The third-order valence-electron chi connectivity index (χ3n) is 3.29. The predicted octanol–water partition coefficient (Wildman–Crippen LogP) is 4.23. The number of aromatic nitrogens is 4. The minimum absolute atomic E-state index is 0.122. The van der Waals surface area contributed by atoms with Crippen LogP contribution in [0.5, 0.6) is 0 Å². The maximum Gasteiger partial charge on any atom is 0.160 e. The lowest BCUT2D eigenvalue weighted by Gasteiger charge is -2.19. The predicted molar refractivity (Wildman–Crippen MR) is 92.1 cm³/mol. The first kappa shape index (κ1) is 15.0. The first-order chi connectivity index (χ1) is 10.3. The zero-order chi connectivity index (χ0) is 15.9. The summed E-state index contributed by atoms with van der Waals surface area (Å²) in [5.74, 6) is 0.933. The van der Waals surface area contributed by atoms with Crippen molar-refractivity contribution < 1.29 is 0 Å². The summed E-state index contributed by atoms with van der Waals surface area (Å²) in [6.07, 6.45) is 5.62. The number of thioether (sulfide) groups is 1. The molecule has 114 valence electrons. The number of rotatable bonds is 2. The molecule has 3 aromatic heterocycles. The number of pyridine rings is 2. The maximum atomic E-state index is 4.79. The summed E-state index contributed by atoms with van der Waals surface area (Å²) in [6, 6.07) is 4.10. The van der Waals surface area contributed by atoms with Crippen molar-refractivity contribution in [2.24, 2.45) is 7.05 Å². The van der Waals surface area contributed by atoms with Crippen molar-refractivity contribution in [3.05, 3.63) is 36.3 Å². The number of nitrogens with zero attached hydrogens (tertiary/aromatic N) is 4. The van der Waals surface area contributed by atoms with Crippen molar-refractivity contribution in [3.8, 4) is 11.4 Å². The fraction of sp³-hybridized carbons (Fsp3) is 0.353.